The van der Waals surface area contributed by atoms with E-state index in [9.17, 15) is 14.7 Å². The molecule has 0 spiro atoms. The fourth-order valence-corrected chi connectivity index (χ4v) is 6.49. The number of fused-ring (bicyclic) bond motifs is 1. The van der Waals surface area contributed by atoms with Crippen molar-refractivity contribution in [3.63, 3.8) is 0 Å². The van der Waals surface area contributed by atoms with Crippen molar-refractivity contribution in [3.8, 4) is 17.2 Å². The van der Waals surface area contributed by atoms with Crippen molar-refractivity contribution in [2.24, 2.45) is 0 Å². The number of anilines is 1. The molecule has 2 heterocycles. The van der Waals surface area contributed by atoms with Gasteiger partial charge in [-0.1, -0.05) is 44.2 Å². The maximum atomic E-state index is 13.2. The Morgan fingerprint density at radius 3 is 2.33 bits per heavy atom. The minimum atomic E-state index is -0.188. The van der Waals surface area contributed by atoms with E-state index >= 15 is 0 Å². The van der Waals surface area contributed by atoms with Crippen LogP contribution < -0.4 is 15.4 Å². The third-order valence-corrected chi connectivity index (χ3v) is 9.45. The summed E-state index contributed by atoms with van der Waals surface area (Å²) in [6, 6.07) is 29.5. The molecule has 254 valence electrons. The molecule has 0 atom stereocenters. The Kier molecular flexibility index (Phi) is 10.8. The van der Waals surface area contributed by atoms with Crippen LogP contribution in [0.3, 0.4) is 0 Å². The quantitative estimate of drug-likeness (QED) is 0.127. The molecule has 0 saturated carbocycles. The normalized spacial score (nSPS) is 13.9. The molecule has 3 N–H and O–H groups in total. The number of aliphatic hydroxyl groups is 1. The molecule has 0 unspecified atom stereocenters. The van der Waals surface area contributed by atoms with Crippen molar-refractivity contribution in [3.05, 3.63) is 119 Å². The van der Waals surface area contributed by atoms with Crippen molar-refractivity contribution in [1.29, 1.82) is 0 Å². The minimum absolute atomic E-state index is 0.0295. The Bertz CT molecular complexity index is 1890. The highest BCUT2D eigenvalue weighted by molar-refractivity contribution is 6.04. The maximum absolute atomic E-state index is 13.2. The Labute approximate surface area is 288 Å². The number of ether oxygens (including phenoxy) is 1. The molecule has 1 aliphatic rings. The van der Waals surface area contributed by atoms with Crippen molar-refractivity contribution in [2.75, 3.05) is 18.4 Å². The van der Waals surface area contributed by atoms with Gasteiger partial charge in [0.15, 0.2) is 0 Å². The number of aliphatic hydroxyl groups excluding tert-OH is 1. The second-order valence-corrected chi connectivity index (χ2v) is 13.0. The number of nitrogens with one attached hydrogen (secondary N) is 2. The van der Waals surface area contributed by atoms with Gasteiger partial charge in [0, 0.05) is 54.2 Å². The SMILES string of the molecule is CCC(CC)NC(=O)Cc1ccc(Oc2ccc(NC(=O)c3ccc(-n4cc(CN5CCC(O)CC5)c5ccccc54)cc3)cc2C)cc1. The standard InChI is InChI=1S/C41H46N4O4/c1-4-32(5-2)42-40(47)25-29-10-17-36(18-11-29)49-39-19-14-33(24-28(39)3)43-41(48)30-12-15-34(16-13-30)45-27-31(37-8-6-7-9-38(37)45)26-44-22-20-35(46)21-23-44/h6-19,24,27,32,35,46H,4-5,20-23,25-26H2,1-3H3,(H,42,47)(H,43,48). The molecular weight excluding hydrogens is 612 g/mol. The molecule has 0 aliphatic carbocycles. The number of hydrogen-bond donors (Lipinski definition) is 3. The van der Waals surface area contributed by atoms with Crippen LogP contribution in [0.5, 0.6) is 11.5 Å². The van der Waals surface area contributed by atoms with E-state index in [-0.39, 0.29) is 24.0 Å². The number of carbonyl (C=O) groups is 2. The van der Waals surface area contributed by atoms with Gasteiger partial charge in [-0.05, 0) is 110 Å². The highest BCUT2D eigenvalue weighted by Crippen LogP contribution is 2.29. The highest BCUT2D eigenvalue weighted by atomic mass is 16.5. The minimum Gasteiger partial charge on any atom is -0.457 e. The summed E-state index contributed by atoms with van der Waals surface area (Å²) >= 11 is 0. The number of nitrogens with zero attached hydrogens (tertiary/aromatic N) is 2. The summed E-state index contributed by atoms with van der Waals surface area (Å²) in [6.45, 7) is 8.74. The van der Waals surface area contributed by atoms with E-state index in [4.69, 9.17) is 4.74 Å². The summed E-state index contributed by atoms with van der Waals surface area (Å²) < 4.78 is 8.31. The van der Waals surface area contributed by atoms with Gasteiger partial charge in [-0.15, -0.1) is 0 Å². The summed E-state index contributed by atoms with van der Waals surface area (Å²) in [5.74, 6) is 1.21. The van der Waals surface area contributed by atoms with Gasteiger partial charge >= 0.3 is 0 Å². The largest absolute Gasteiger partial charge is 0.457 e. The van der Waals surface area contributed by atoms with Crippen LogP contribution in [0.1, 0.15) is 66.6 Å². The van der Waals surface area contributed by atoms with E-state index in [1.54, 1.807) is 0 Å². The molecule has 4 aromatic carbocycles. The van der Waals surface area contributed by atoms with Gasteiger partial charge in [0.2, 0.25) is 5.91 Å². The van der Waals surface area contributed by atoms with Gasteiger partial charge in [-0.25, -0.2) is 0 Å². The summed E-state index contributed by atoms with van der Waals surface area (Å²) in [5.41, 5.74) is 6.44. The first-order valence-electron chi connectivity index (χ1n) is 17.4. The lowest BCUT2D eigenvalue weighted by molar-refractivity contribution is -0.121. The van der Waals surface area contributed by atoms with Crippen molar-refractivity contribution in [1.82, 2.24) is 14.8 Å². The van der Waals surface area contributed by atoms with Crippen LogP contribution in [0, 0.1) is 6.92 Å². The van der Waals surface area contributed by atoms with E-state index in [0.717, 1.165) is 67.6 Å². The molecule has 1 fully saturated rings. The molecule has 8 heteroatoms. The van der Waals surface area contributed by atoms with Crippen LogP contribution in [-0.4, -0.2) is 51.6 Å². The van der Waals surface area contributed by atoms with Gasteiger partial charge in [-0.2, -0.15) is 0 Å². The maximum Gasteiger partial charge on any atom is 0.255 e. The van der Waals surface area contributed by atoms with Gasteiger partial charge in [0.05, 0.1) is 18.0 Å². The first-order chi connectivity index (χ1) is 23.8. The zero-order chi connectivity index (χ0) is 34.3. The summed E-state index contributed by atoms with van der Waals surface area (Å²) in [7, 11) is 0. The number of likely N-dealkylation sites (tertiary alicyclic amines) is 1. The topological polar surface area (TPSA) is 95.8 Å². The van der Waals surface area contributed by atoms with E-state index in [1.807, 2.05) is 79.7 Å². The van der Waals surface area contributed by atoms with Crippen LogP contribution >= 0.6 is 0 Å². The van der Waals surface area contributed by atoms with Crippen LogP contribution in [-0.2, 0) is 17.8 Å². The number of hydrogen-bond acceptors (Lipinski definition) is 5. The molecule has 8 nitrogen and oxygen atoms in total. The number of aromatic nitrogens is 1. The molecular formula is C41H46N4O4. The molecule has 2 amide bonds. The zero-order valence-corrected chi connectivity index (χ0v) is 28.6. The first kappa shape index (κ1) is 34.0. The van der Waals surface area contributed by atoms with Crippen molar-refractivity contribution < 1.29 is 19.4 Å². The van der Waals surface area contributed by atoms with Gasteiger partial charge in [-0.3, -0.25) is 14.5 Å². The molecule has 1 saturated heterocycles. The second-order valence-electron chi connectivity index (χ2n) is 13.0. The number of rotatable bonds is 12. The predicted molar refractivity (Wildman–Crippen MR) is 196 cm³/mol. The van der Waals surface area contributed by atoms with Crippen LogP contribution in [0.4, 0.5) is 5.69 Å². The number of amides is 2. The molecule has 0 bridgehead atoms. The summed E-state index contributed by atoms with van der Waals surface area (Å²) in [6.07, 6.45) is 5.82. The van der Waals surface area contributed by atoms with Crippen LogP contribution in [0.15, 0.2) is 97.2 Å². The Balaban J connectivity index is 1.07. The number of carbonyl (C=O) groups excluding carboxylic acids is 2. The van der Waals surface area contributed by atoms with E-state index in [1.165, 1.54) is 10.9 Å². The highest BCUT2D eigenvalue weighted by Gasteiger charge is 2.19. The third kappa shape index (κ3) is 8.39. The summed E-state index contributed by atoms with van der Waals surface area (Å²) in [4.78, 5) is 28.0. The van der Waals surface area contributed by atoms with Crippen molar-refractivity contribution in [2.45, 2.75) is 71.6 Å². The lowest BCUT2D eigenvalue weighted by atomic mass is 10.1. The smallest absolute Gasteiger partial charge is 0.255 e. The average molecular weight is 659 g/mol. The Morgan fingerprint density at radius 1 is 0.918 bits per heavy atom. The Hall–Kier alpha value is -4.92. The van der Waals surface area contributed by atoms with E-state index in [0.29, 0.717) is 29.2 Å². The van der Waals surface area contributed by atoms with Crippen LogP contribution in [0.2, 0.25) is 0 Å². The van der Waals surface area contributed by atoms with Gasteiger partial charge in [0.1, 0.15) is 11.5 Å². The molecule has 1 aromatic heterocycles. The van der Waals surface area contributed by atoms with Gasteiger partial charge < -0.3 is 25.0 Å². The zero-order valence-electron chi connectivity index (χ0n) is 28.6. The number of piperidine rings is 1. The lowest BCUT2D eigenvalue weighted by Crippen LogP contribution is -2.35. The molecule has 1 aliphatic heterocycles. The second kappa shape index (κ2) is 15.5. The molecule has 0 radical (unpaired) electrons. The summed E-state index contributed by atoms with van der Waals surface area (Å²) in [5, 5.41) is 17.2. The molecule has 5 aromatic rings. The molecule has 49 heavy (non-hydrogen) atoms. The van der Waals surface area contributed by atoms with Crippen LogP contribution in [0.25, 0.3) is 16.6 Å². The van der Waals surface area contributed by atoms with Gasteiger partial charge in [0.25, 0.3) is 5.91 Å². The fourth-order valence-electron chi connectivity index (χ4n) is 6.49. The van der Waals surface area contributed by atoms with E-state index in [2.05, 4.69) is 58.3 Å². The van der Waals surface area contributed by atoms with E-state index < -0.39 is 0 Å². The average Bonchev–Trinajstić information content (AvgIpc) is 3.48. The number of aryl methyl sites for hydroxylation is 1. The number of benzene rings is 4. The molecule has 6 rings (SSSR count). The first-order valence-corrected chi connectivity index (χ1v) is 17.4. The lowest BCUT2D eigenvalue weighted by Gasteiger charge is -2.29. The Morgan fingerprint density at radius 2 is 1.63 bits per heavy atom. The predicted octanol–water partition coefficient (Wildman–Crippen LogP) is 7.79. The number of para-hydroxylation sites is 1. The third-order valence-electron chi connectivity index (χ3n) is 9.45. The fraction of sp³-hybridized carbons (Fsp3) is 0.317. The van der Waals surface area contributed by atoms with Crippen molar-refractivity contribution >= 4 is 28.4 Å². The monoisotopic (exact) mass is 658 g/mol.